The molecule has 1 aliphatic carbocycles. The van der Waals surface area contributed by atoms with Crippen LogP contribution >= 0.6 is 11.8 Å². The molecule has 234 valence electrons. The van der Waals surface area contributed by atoms with Crippen LogP contribution < -0.4 is 0 Å². The van der Waals surface area contributed by atoms with Gasteiger partial charge in [-0.25, -0.2) is 8.78 Å². The lowest BCUT2D eigenvalue weighted by atomic mass is 9.55. The van der Waals surface area contributed by atoms with E-state index in [0.29, 0.717) is 4.57 Å². The number of aromatic nitrogens is 1. The van der Waals surface area contributed by atoms with Crippen molar-refractivity contribution in [2.24, 2.45) is 11.3 Å². The van der Waals surface area contributed by atoms with Gasteiger partial charge in [0, 0.05) is 29.5 Å². The van der Waals surface area contributed by atoms with Crippen molar-refractivity contribution in [1.82, 2.24) is 4.57 Å². The number of thioether (sulfide) groups is 1. The Morgan fingerprint density at radius 2 is 1.34 bits per heavy atom. The molecular weight excluding hydrogens is 607 g/mol. The third-order valence-corrected chi connectivity index (χ3v) is 10.4. The highest BCUT2D eigenvalue weighted by molar-refractivity contribution is 8.01. The molecule has 1 saturated carbocycles. The van der Waals surface area contributed by atoms with Gasteiger partial charge >= 0.3 is 29.9 Å². The highest BCUT2D eigenvalue weighted by Crippen LogP contribution is 2.83. The lowest BCUT2D eigenvalue weighted by molar-refractivity contribution is -0.293. The van der Waals surface area contributed by atoms with Gasteiger partial charge in [0.1, 0.15) is 5.60 Å². The minimum absolute atomic E-state index is 0.0930. The number of hydrogen-bond donors (Lipinski definition) is 2. The zero-order valence-corrected chi connectivity index (χ0v) is 23.1. The Balaban J connectivity index is 2.13. The van der Waals surface area contributed by atoms with E-state index >= 15 is 26.3 Å². The molecule has 0 aromatic carbocycles. The maximum atomic E-state index is 16.4. The molecular formula is C24H26F11NO4S. The van der Waals surface area contributed by atoms with Gasteiger partial charge in [0.05, 0.1) is 10.5 Å². The van der Waals surface area contributed by atoms with E-state index < -0.39 is 109 Å². The number of carbonyl (C=O) groups excluding carboxylic acids is 1. The average Bonchev–Trinajstić information content (AvgIpc) is 3.39. The number of hydrogen-bond acceptors (Lipinski definition) is 5. The quantitative estimate of drug-likeness (QED) is 0.286. The van der Waals surface area contributed by atoms with E-state index in [1.54, 1.807) is 0 Å². The second-order valence-corrected chi connectivity index (χ2v) is 13.1. The minimum Gasteiger partial charge on any atom is -0.494 e. The molecule has 17 heteroatoms. The SMILES string of the molecule is CCn1c(O)c(C)c(C2C(C(C)(C(=O)OC(C)(C)C)C(F)(F)F)C3SC2C2(F)C(F)(F)C(F)(F)C(F)(F)C32F)c1O. The predicted molar refractivity (Wildman–Crippen MR) is 122 cm³/mol. The molecule has 2 aliphatic heterocycles. The summed E-state index contributed by atoms with van der Waals surface area (Å²) >= 11 is -0.497. The van der Waals surface area contributed by atoms with Crippen molar-refractivity contribution < 1.29 is 68.0 Å². The molecule has 2 bridgehead atoms. The summed E-state index contributed by atoms with van der Waals surface area (Å²) < 4.78 is 172. The molecule has 0 radical (unpaired) electrons. The molecule has 3 aliphatic rings. The van der Waals surface area contributed by atoms with Crippen LogP contribution in [0.4, 0.5) is 48.3 Å². The van der Waals surface area contributed by atoms with Crippen LogP contribution in [0.3, 0.4) is 0 Å². The number of rotatable bonds is 4. The van der Waals surface area contributed by atoms with E-state index in [1.807, 2.05) is 0 Å². The molecule has 5 nitrogen and oxygen atoms in total. The summed E-state index contributed by atoms with van der Waals surface area (Å²) in [6.45, 7) is 5.42. The van der Waals surface area contributed by atoms with Gasteiger partial charge in [0.2, 0.25) is 11.3 Å². The van der Waals surface area contributed by atoms with Crippen LogP contribution in [0.5, 0.6) is 11.8 Å². The maximum Gasteiger partial charge on any atom is 0.404 e. The summed E-state index contributed by atoms with van der Waals surface area (Å²) in [6.07, 6.45) is -5.84. The van der Waals surface area contributed by atoms with Gasteiger partial charge in [0.25, 0.3) is 0 Å². The third kappa shape index (κ3) is 3.24. The van der Waals surface area contributed by atoms with Crippen LogP contribution in [0.1, 0.15) is 51.7 Å². The van der Waals surface area contributed by atoms with E-state index in [1.165, 1.54) is 6.92 Å². The van der Waals surface area contributed by atoms with Gasteiger partial charge in [-0.1, -0.05) is 0 Å². The first kappa shape index (κ1) is 31.9. The molecule has 3 heterocycles. The average molecular weight is 634 g/mol. The van der Waals surface area contributed by atoms with Crippen molar-refractivity contribution in [3.63, 3.8) is 0 Å². The topological polar surface area (TPSA) is 71.7 Å². The number of aromatic hydroxyl groups is 2. The van der Waals surface area contributed by atoms with Gasteiger partial charge in [-0.15, -0.1) is 11.8 Å². The monoisotopic (exact) mass is 633 g/mol. The Morgan fingerprint density at radius 1 is 0.878 bits per heavy atom. The number of halogens is 11. The molecule has 1 aromatic heterocycles. The minimum atomic E-state index is -6.70. The van der Waals surface area contributed by atoms with Crippen molar-refractivity contribution in [3.8, 4) is 11.8 Å². The Morgan fingerprint density at radius 3 is 1.73 bits per heavy atom. The molecule has 1 aromatic rings. The molecule has 7 unspecified atom stereocenters. The summed E-state index contributed by atoms with van der Waals surface area (Å²) in [7, 11) is 0. The summed E-state index contributed by atoms with van der Waals surface area (Å²) in [4.78, 5) is 13.2. The van der Waals surface area contributed by atoms with Gasteiger partial charge in [0.15, 0.2) is 17.2 Å². The van der Waals surface area contributed by atoms with Crippen molar-refractivity contribution in [1.29, 1.82) is 0 Å². The molecule has 0 spiro atoms. The number of carbonyl (C=O) groups is 1. The Hall–Kier alpha value is -2.07. The van der Waals surface area contributed by atoms with Crippen LogP contribution in [-0.4, -0.2) is 72.1 Å². The lowest BCUT2D eigenvalue weighted by Crippen LogP contribution is -2.70. The van der Waals surface area contributed by atoms with E-state index in [-0.39, 0.29) is 13.5 Å². The van der Waals surface area contributed by atoms with E-state index in [0.717, 1.165) is 27.7 Å². The number of ether oxygens (including phenoxy) is 1. The second kappa shape index (κ2) is 8.30. The first-order valence-corrected chi connectivity index (χ1v) is 13.2. The summed E-state index contributed by atoms with van der Waals surface area (Å²) in [5.41, 5.74) is -18.3. The summed E-state index contributed by atoms with van der Waals surface area (Å²) in [5, 5.41) is 14.8. The van der Waals surface area contributed by atoms with Crippen molar-refractivity contribution in [2.45, 2.75) is 105 Å². The molecule has 4 rings (SSSR count). The van der Waals surface area contributed by atoms with Crippen LogP contribution in [-0.2, 0) is 16.1 Å². The zero-order valence-electron chi connectivity index (χ0n) is 22.2. The Labute approximate surface area is 230 Å². The first-order valence-electron chi connectivity index (χ1n) is 12.2. The predicted octanol–water partition coefficient (Wildman–Crippen LogP) is 6.67. The Bertz CT molecular complexity index is 1290. The molecule has 2 N–H and O–H groups in total. The van der Waals surface area contributed by atoms with E-state index in [4.69, 9.17) is 4.74 Å². The summed E-state index contributed by atoms with van der Waals surface area (Å²) in [5.74, 6) is -29.5. The van der Waals surface area contributed by atoms with Crippen LogP contribution in [0.2, 0.25) is 0 Å². The fraction of sp³-hybridized carbons (Fsp3) is 0.792. The molecule has 41 heavy (non-hydrogen) atoms. The summed E-state index contributed by atoms with van der Waals surface area (Å²) in [6, 6.07) is 0. The van der Waals surface area contributed by atoms with Gasteiger partial charge in [-0.05, 0) is 41.5 Å². The number of esters is 1. The van der Waals surface area contributed by atoms with Crippen molar-refractivity contribution >= 4 is 17.7 Å². The molecule has 3 fully saturated rings. The first-order chi connectivity index (χ1) is 18.2. The van der Waals surface area contributed by atoms with Crippen LogP contribution in [0.25, 0.3) is 0 Å². The standard InChI is InChI=1S/C24H26F11NO4S/c1-7-36-14(37)8(2)9(15(36)38)10-11(18(6,24(33,34)35)16(39)40-17(3,4)5)13-20(26)19(25,12(10)41-13)21(27,28)23(31,32)22(20,29)30/h10-13,37-38H,7H2,1-6H3. The fourth-order valence-electron chi connectivity index (χ4n) is 6.52. The maximum absolute atomic E-state index is 16.4. The second-order valence-electron chi connectivity index (χ2n) is 11.8. The normalized spacial score (nSPS) is 36.7. The van der Waals surface area contributed by atoms with E-state index in [2.05, 4.69) is 0 Å². The Kier molecular flexibility index (Phi) is 6.45. The van der Waals surface area contributed by atoms with Crippen LogP contribution in [0.15, 0.2) is 0 Å². The molecule has 0 amide bonds. The number of fused-ring (bicyclic) bond motifs is 5. The smallest absolute Gasteiger partial charge is 0.404 e. The lowest BCUT2D eigenvalue weighted by Gasteiger charge is -2.50. The molecule has 7 atom stereocenters. The highest BCUT2D eigenvalue weighted by Gasteiger charge is 3.06. The highest BCUT2D eigenvalue weighted by atomic mass is 32.2. The van der Waals surface area contributed by atoms with Crippen LogP contribution in [0, 0.1) is 18.3 Å². The van der Waals surface area contributed by atoms with Crippen molar-refractivity contribution in [2.75, 3.05) is 0 Å². The zero-order chi connectivity index (χ0) is 31.9. The molecule has 2 saturated heterocycles. The van der Waals surface area contributed by atoms with Gasteiger partial charge in [-0.3, -0.25) is 9.36 Å². The fourth-order valence-corrected chi connectivity index (χ4v) is 8.94. The van der Waals surface area contributed by atoms with Crippen molar-refractivity contribution in [3.05, 3.63) is 11.1 Å². The largest absolute Gasteiger partial charge is 0.494 e. The van der Waals surface area contributed by atoms with E-state index in [9.17, 15) is 37.0 Å². The number of alkyl halides is 11. The van der Waals surface area contributed by atoms with Gasteiger partial charge < -0.3 is 14.9 Å². The van der Waals surface area contributed by atoms with Gasteiger partial charge in [-0.2, -0.15) is 39.5 Å². The third-order valence-electron chi connectivity index (χ3n) is 8.57. The number of nitrogens with zero attached hydrogens (tertiary/aromatic N) is 1.